The van der Waals surface area contributed by atoms with E-state index >= 15 is 0 Å². The fraction of sp³-hybridized carbons (Fsp3) is 0.176. The monoisotopic (exact) mass is 328 g/mol. The quantitative estimate of drug-likeness (QED) is 0.899. The minimum absolute atomic E-state index is 0.0167. The third-order valence-electron chi connectivity index (χ3n) is 3.53. The number of ether oxygens (including phenoxy) is 3. The smallest absolute Gasteiger partial charge is 0.263 e. The number of amides is 2. The SMILES string of the molecule is COc1cccc(OC)c1C(=O)Nc1ccc2c(c1)NC(=O)CO2. The molecule has 0 aromatic heterocycles. The van der Waals surface area contributed by atoms with E-state index < -0.39 is 0 Å². The maximum absolute atomic E-state index is 12.6. The lowest BCUT2D eigenvalue weighted by Crippen LogP contribution is -2.25. The van der Waals surface area contributed by atoms with Crippen molar-refractivity contribution in [1.82, 2.24) is 0 Å². The number of nitrogens with one attached hydrogen (secondary N) is 2. The van der Waals surface area contributed by atoms with Crippen LogP contribution in [0.3, 0.4) is 0 Å². The zero-order valence-electron chi connectivity index (χ0n) is 13.2. The fourth-order valence-corrected chi connectivity index (χ4v) is 2.43. The van der Waals surface area contributed by atoms with Crippen molar-refractivity contribution in [2.75, 3.05) is 31.5 Å². The van der Waals surface area contributed by atoms with Crippen LogP contribution < -0.4 is 24.8 Å². The average Bonchev–Trinajstić information content (AvgIpc) is 2.60. The first kappa shape index (κ1) is 15.7. The Kier molecular flexibility index (Phi) is 4.24. The molecule has 2 N–H and O–H groups in total. The van der Waals surface area contributed by atoms with E-state index in [1.165, 1.54) is 14.2 Å². The third-order valence-corrected chi connectivity index (χ3v) is 3.53. The number of hydrogen-bond donors (Lipinski definition) is 2. The molecular formula is C17H16N2O5. The molecule has 0 fully saturated rings. The van der Waals surface area contributed by atoms with Gasteiger partial charge >= 0.3 is 0 Å². The van der Waals surface area contributed by atoms with Gasteiger partial charge in [0.25, 0.3) is 11.8 Å². The fourth-order valence-electron chi connectivity index (χ4n) is 2.43. The van der Waals surface area contributed by atoms with Crippen molar-refractivity contribution >= 4 is 23.2 Å². The van der Waals surface area contributed by atoms with Crippen LogP contribution in [0.15, 0.2) is 36.4 Å². The Hall–Kier alpha value is -3.22. The summed E-state index contributed by atoms with van der Waals surface area (Å²) in [6.45, 7) is -0.0167. The molecule has 3 rings (SSSR count). The molecule has 124 valence electrons. The summed E-state index contributed by atoms with van der Waals surface area (Å²) in [5.74, 6) is 0.745. The average molecular weight is 328 g/mol. The highest BCUT2D eigenvalue weighted by Gasteiger charge is 2.20. The number of hydrogen-bond acceptors (Lipinski definition) is 5. The van der Waals surface area contributed by atoms with Gasteiger partial charge in [0.05, 0.1) is 19.9 Å². The molecule has 0 unspecified atom stereocenters. The summed E-state index contributed by atoms with van der Waals surface area (Å²) in [7, 11) is 2.97. The Morgan fingerprint density at radius 3 is 2.54 bits per heavy atom. The summed E-state index contributed by atoms with van der Waals surface area (Å²) in [5, 5.41) is 5.46. The van der Waals surface area contributed by atoms with E-state index in [0.717, 1.165) is 0 Å². The molecule has 2 aromatic rings. The number of carbonyl (C=O) groups excluding carboxylic acids is 2. The minimum atomic E-state index is -0.382. The predicted octanol–water partition coefficient (Wildman–Crippen LogP) is 2.29. The summed E-state index contributed by atoms with van der Waals surface area (Å²) in [6.07, 6.45) is 0. The minimum Gasteiger partial charge on any atom is -0.496 e. The molecule has 7 nitrogen and oxygen atoms in total. The summed E-state index contributed by atoms with van der Waals surface area (Å²) in [5.41, 5.74) is 1.31. The van der Waals surface area contributed by atoms with Crippen LogP contribution in [0, 0.1) is 0 Å². The Morgan fingerprint density at radius 2 is 1.88 bits per heavy atom. The van der Waals surface area contributed by atoms with E-state index in [1.807, 2.05) is 0 Å². The van der Waals surface area contributed by atoms with Crippen molar-refractivity contribution in [3.05, 3.63) is 42.0 Å². The van der Waals surface area contributed by atoms with Crippen molar-refractivity contribution < 1.29 is 23.8 Å². The first-order chi connectivity index (χ1) is 11.6. The molecule has 0 atom stereocenters. The topological polar surface area (TPSA) is 85.9 Å². The van der Waals surface area contributed by atoms with E-state index in [-0.39, 0.29) is 18.4 Å². The number of benzene rings is 2. The molecule has 1 heterocycles. The van der Waals surface area contributed by atoms with Gasteiger partial charge in [-0.15, -0.1) is 0 Å². The summed E-state index contributed by atoms with van der Waals surface area (Å²) >= 11 is 0. The molecule has 0 aliphatic carbocycles. The van der Waals surface area contributed by atoms with Crippen LogP contribution in [0.1, 0.15) is 10.4 Å². The lowest BCUT2D eigenvalue weighted by atomic mass is 10.1. The van der Waals surface area contributed by atoms with Crippen LogP contribution in [-0.2, 0) is 4.79 Å². The van der Waals surface area contributed by atoms with E-state index in [0.29, 0.717) is 34.2 Å². The molecule has 0 saturated heterocycles. The molecule has 0 spiro atoms. The second-order valence-corrected chi connectivity index (χ2v) is 5.04. The normalized spacial score (nSPS) is 12.5. The first-order valence-electron chi connectivity index (χ1n) is 7.21. The summed E-state index contributed by atoms with van der Waals surface area (Å²) in [6, 6.07) is 10.1. The third kappa shape index (κ3) is 2.96. The van der Waals surface area contributed by atoms with Gasteiger partial charge in [0.1, 0.15) is 22.8 Å². The molecule has 0 radical (unpaired) electrons. The van der Waals surface area contributed by atoms with Crippen molar-refractivity contribution in [3.8, 4) is 17.2 Å². The number of rotatable bonds is 4. The number of anilines is 2. The van der Waals surface area contributed by atoms with E-state index in [2.05, 4.69) is 10.6 Å². The second-order valence-electron chi connectivity index (χ2n) is 5.04. The van der Waals surface area contributed by atoms with Gasteiger partial charge in [0.2, 0.25) is 0 Å². The van der Waals surface area contributed by atoms with Crippen molar-refractivity contribution in [2.24, 2.45) is 0 Å². The van der Waals surface area contributed by atoms with Crippen LogP contribution in [0.25, 0.3) is 0 Å². The molecule has 2 amide bonds. The van der Waals surface area contributed by atoms with Crippen LogP contribution >= 0.6 is 0 Å². The highest BCUT2D eigenvalue weighted by Crippen LogP contribution is 2.32. The number of fused-ring (bicyclic) bond motifs is 1. The molecule has 1 aliphatic heterocycles. The molecular weight excluding hydrogens is 312 g/mol. The van der Waals surface area contributed by atoms with Gasteiger partial charge in [-0.05, 0) is 30.3 Å². The van der Waals surface area contributed by atoms with Crippen molar-refractivity contribution in [3.63, 3.8) is 0 Å². The lowest BCUT2D eigenvalue weighted by molar-refractivity contribution is -0.118. The van der Waals surface area contributed by atoms with Gasteiger partial charge in [0, 0.05) is 5.69 Å². The Balaban J connectivity index is 1.88. The zero-order valence-corrected chi connectivity index (χ0v) is 13.2. The van der Waals surface area contributed by atoms with Gasteiger partial charge in [-0.1, -0.05) is 6.07 Å². The van der Waals surface area contributed by atoms with Crippen molar-refractivity contribution in [2.45, 2.75) is 0 Å². The van der Waals surface area contributed by atoms with Crippen LogP contribution in [0.2, 0.25) is 0 Å². The van der Waals surface area contributed by atoms with Gasteiger partial charge in [0.15, 0.2) is 6.61 Å². The molecule has 0 saturated carbocycles. The van der Waals surface area contributed by atoms with E-state index in [1.54, 1.807) is 36.4 Å². The second kappa shape index (κ2) is 6.49. The Morgan fingerprint density at radius 1 is 1.17 bits per heavy atom. The Bertz CT molecular complexity index is 781. The van der Waals surface area contributed by atoms with Gasteiger partial charge in [-0.2, -0.15) is 0 Å². The summed E-state index contributed by atoms with van der Waals surface area (Å²) in [4.78, 5) is 24.0. The lowest BCUT2D eigenvalue weighted by Gasteiger charge is -2.19. The Labute approximate surface area is 138 Å². The standard InChI is InChI=1S/C17H16N2O5/c1-22-13-4-3-5-14(23-2)16(13)17(21)18-10-6-7-12-11(8-10)19-15(20)9-24-12/h3-8H,9H2,1-2H3,(H,18,21)(H,19,20). The number of carbonyl (C=O) groups is 2. The number of methoxy groups -OCH3 is 2. The first-order valence-corrected chi connectivity index (χ1v) is 7.21. The molecule has 7 heteroatoms. The largest absolute Gasteiger partial charge is 0.496 e. The maximum Gasteiger partial charge on any atom is 0.263 e. The van der Waals surface area contributed by atoms with E-state index in [4.69, 9.17) is 14.2 Å². The molecule has 1 aliphatic rings. The van der Waals surface area contributed by atoms with Gasteiger partial charge < -0.3 is 24.8 Å². The highest BCUT2D eigenvalue weighted by atomic mass is 16.5. The zero-order chi connectivity index (χ0) is 17.1. The highest BCUT2D eigenvalue weighted by molar-refractivity contribution is 6.08. The summed E-state index contributed by atoms with van der Waals surface area (Å²) < 4.78 is 15.8. The maximum atomic E-state index is 12.6. The molecule has 2 aromatic carbocycles. The molecule has 24 heavy (non-hydrogen) atoms. The predicted molar refractivity (Wildman–Crippen MR) is 88.1 cm³/mol. The van der Waals surface area contributed by atoms with Gasteiger partial charge in [-0.25, -0.2) is 0 Å². The van der Waals surface area contributed by atoms with E-state index in [9.17, 15) is 9.59 Å². The van der Waals surface area contributed by atoms with Crippen LogP contribution in [0.4, 0.5) is 11.4 Å². The molecule has 0 bridgehead atoms. The van der Waals surface area contributed by atoms with Crippen molar-refractivity contribution in [1.29, 1.82) is 0 Å². The van der Waals surface area contributed by atoms with Crippen LogP contribution in [0.5, 0.6) is 17.2 Å². The van der Waals surface area contributed by atoms with Gasteiger partial charge in [-0.3, -0.25) is 9.59 Å². The van der Waals surface area contributed by atoms with Crippen LogP contribution in [-0.4, -0.2) is 32.6 Å².